The molecule has 48 heavy (non-hydrogen) atoms. The Morgan fingerprint density at radius 1 is 0.854 bits per heavy atom. The molecule has 1 amide bonds. The maximum atomic E-state index is 13.3. The fourth-order valence-corrected chi connectivity index (χ4v) is 5.63. The van der Waals surface area contributed by atoms with Gasteiger partial charge in [0.1, 0.15) is 23.4 Å². The molecule has 0 bridgehead atoms. The molecule has 2 aliphatic heterocycles. The predicted octanol–water partition coefficient (Wildman–Crippen LogP) is 9.45. The van der Waals surface area contributed by atoms with Gasteiger partial charge in [-0.1, -0.05) is 54.0 Å². The summed E-state index contributed by atoms with van der Waals surface area (Å²) >= 11 is 0. The smallest absolute Gasteiger partial charge is 0.256 e. The lowest BCUT2D eigenvalue weighted by Gasteiger charge is -2.26. The number of hydrogen-bond acceptors (Lipinski definition) is 8. The third-order valence-electron chi connectivity index (χ3n) is 8.20. The van der Waals surface area contributed by atoms with Gasteiger partial charge in [-0.25, -0.2) is 0 Å². The molecule has 9 heteroatoms. The largest absolute Gasteiger partial charge is 0.493 e. The number of nitrogens with zero attached hydrogens (tertiary/aromatic N) is 2. The number of methoxy groups -OCH3 is 3. The highest BCUT2D eigenvalue weighted by molar-refractivity contribution is 6.03. The Morgan fingerprint density at radius 3 is 2.21 bits per heavy atom. The first-order valence-corrected chi connectivity index (χ1v) is 17.2. The van der Waals surface area contributed by atoms with Gasteiger partial charge in [-0.05, 0) is 56.0 Å². The van der Waals surface area contributed by atoms with Crippen LogP contribution < -0.4 is 28.4 Å². The molecule has 0 N–H and O–H groups in total. The summed E-state index contributed by atoms with van der Waals surface area (Å²) in [6.45, 7) is 15.4. The van der Waals surface area contributed by atoms with Crippen molar-refractivity contribution in [3.63, 3.8) is 0 Å². The predicted molar refractivity (Wildman–Crippen MR) is 193 cm³/mol. The monoisotopic (exact) mass is 662 g/mol. The van der Waals surface area contributed by atoms with E-state index in [9.17, 15) is 4.79 Å². The van der Waals surface area contributed by atoms with E-state index in [0.29, 0.717) is 58.1 Å². The molecule has 3 aromatic carbocycles. The first-order chi connectivity index (χ1) is 23.3. The lowest BCUT2D eigenvalue weighted by molar-refractivity contribution is 0.0774. The summed E-state index contributed by atoms with van der Waals surface area (Å²) in [4.78, 5) is 19.8. The van der Waals surface area contributed by atoms with Crippen molar-refractivity contribution in [3.05, 3.63) is 59.7 Å². The molecule has 5 rings (SSSR count). The SMILES string of the molecule is CC.CC.CCCC(Oc1cc2c(cc1OC)C(=O)N1CCCC1C=N2)C(C)COc1ccc(C)c(Oc2ccc(OC)c(OC)c2)c1. The molecule has 3 atom stereocenters. The number of amides is 1. The van der Waals surface area contributed by atoms with E-state index in [0.717, 1.165) is 37.8 Å². The van der Waals surface area contributed by atoms with Crippen molar-refractivity contribution in [3.8, 4) is 40.2 Å². The number of hydrogen-bond donors (Lipinski definition) is 0. The van der Waals surface area contributed by atoms with E-state index in [1.165, 1.54) is 0 Å². The Balaban J connectivity index is 0.00000151. The van der Waals surface area contributed by atoms with E-state index in [1.807, 2.05) is 82.1 Å². The van der Waals surface area contributed by atoms with Crippen molar-refractivity contribution in [1.82, 2.24) is 4.90 Å². The molecule has 1 saturated heterocycles. The molecule has 0 radical (unpaired) electrons. The Labute approximate surface area is 287 Å². The van der Waals surface area contributed by atoms with Crippen molar-refractivity contribution < 1.29 is 33.2 Å². The molecule has 3 aromatic rings. The van der Waals surface area contributed by atoms with Crippen LogP contribution in [-0.4, -0.2) is 63.6 Å². The fourth-order valence-electron chi connectivity index (χ4n) is 5.63. The maximum Gasteiger partial charge on any atom is 0.256 e. The van der Waals surface area contributed by atoms with Gasteiger partial charge in [0.15, 0.2) is 23.0 Å². The number of benzene rings is 3. The quantitative estimate of drug-likeness (QED) is 0.180. The lowest BCUT2D eigenvalue weighted by Crippen LogP contribution is -2.35. The third kappa shape index (κ3) is 9.14. The van der Waals surface area contributed by atoms with Crippen LogP contribution in [0.15, 0.2) is 53.5 Å². The van der Waals surface area contributed by atoms with Gasteiger partial charge in [0, 0.05) is 36.9 Å². The second-order valence-corrected chi connectivity index (χ2v) is 11.3. The number of aliphatic imine (C=N–C) groups is 1. The minimum absolute atomic E-state index is 0.00991. The summed E-state index contributed by atoms with van der Waals surface area (Å²) < 4.78 is 35.5. The number of carbonyl (C=O) groups excluding carboxylic acids is 1. The molecule has 2 aliphatic rings. The van der Waals surface area contributed by atoms with Crippen molar-refractivity contribution in [1.29, 1.82) is 0 Å². The summed E-state index contributed by atoms with van der Waals surface area (Å²) in [7, 11) is 4.79. The molecular formula is C39H54N2O7. The van der Waals surface area contributed by atoms with Gasteiger partial charge in [0.2, 0.25) is 0 Å². The van der Waals surface area contributed by atoms with Crippen molar-refractivity contribution in [2.45, 2.75) is 86.3 Å². The second-order valence-electron chi connectivity index (χ2n) is 11.3. The molecule has 0 spiro atoms. The van der Waals surface area contributed by atoms with Crippen LogP contribution in [0.3, 0.4) is 0 Å². The standard InChI is InChI=1S/C35H42N2O7.2C2H6/c1-7-9-29(44-34-19-28-27(18-33(34)41-6)35(38)37-15-8-10-24(37)20-36-28)23(3)21-42-25-12-11-22(2)31(16-25)43-26-13-14-30(39-4)32(17-26)40-5;2*1-2/h11-14,16-20,23-24,29H,7-10,15,21H2,1-6H3;2*1-2H3. The molecule has 0 saturated carbocycles. The Morgan fingerprint density at radius 2 is 1.52 bits per heavy atom. The van der Waals surface area contributed by atoms with Crippen molar-refractivity contribution in [2.75, 3.05) is 34.5 Å². The number of rotatable bonds is 13. The van der Waals surface area contributed by atoms with Crippen LogP contribution >= 0.6 is 0 Å². The minimum Gasteiger partial charge on any atom is -0.493 e. The van der Waals surface area contributed by atoms with Gasteiger partial charge >= 0.3 is 0 Å². The summed E-state index contributed by atoms with van der Waals surface area (Å²) in [6, 6.07) is 14.9. The Bertz CT molecular complexity index is 1510. The molecule has 3 unspecified atom stereocenters. The van der Waals surface area contributed by atoms with Gasteiger partial charge in [-0.2, -0.15) is 0 Å². The number of aryl methyl sites for hydroxylation is 1. The van der Waals surface area contributed by atoms with E-state index >= 15 is 0 Å². The number of ether oxygens (including phenoxy) is 6. The van der Waals surface area contributed by atoms with Crippen LogP contribution in [-0.2, 0) is 0 Å². The zero-order chi connectivity index (χ0) is 35.2. The van der Waals surface area contributed by atoms with Gasteiger partial charge in [-0.3, -0.25) is 9.79 Å². The van der Waals surface area contributed by atoms with Gasteiger partial charge in [-0.15, -0.1) is 0 Å². The summed E-state index contributed by atoms with van der Waals surface area (Å²) in [5.74, 6) is 4.38. The molecule has 262 valence electrons. The average molecular weight is 663 g/mol. The van der Waals surface area contributed by atoms with Crippen LogP contribution in [0.5, 0.6) is 40.2 Å². The number of fused-ring (bicyclic) bond motifs is 2. The van der Waals surface area contributed by atoms with Crippen molar-refractivity contribution in [2.24, 2.45) is 10.9 Å². The highest BCUT2D eigenvalue weighted by atomic mass is 16.5. The molecule has 1 fully saturated rings. The highest BCUT2D eigenvalue weighted by Crippen LogP contribution is 2.40. The molecule has 2 heterocycles. The second kappa shape index (κ2) is 18.8. The highest BCUT2D eigenvalue weighted by Gasteiger charge is 2.33. The summed E-state index contributed by atoms with van der Waals surface area (Å²) in [6.07, 6.45) is 5.42. The van der Waals surface area contributed by atoms with Crippen LogP contribution in [0.25, 0.3) is 0 Å². The van der Waals surface area contributed by atoms with Crippen LogP contribution in [0.4, 0.5) is 5.69 Å². The third-order valence-corrected chi connectivity index (χ3v) is 8.20. The zero-order valence-electron chi connectivity index (χ0n) is 30.4. The van der Waals surface area contributed by atoms with Crippen LogP contribution in [0.1, 0.15) is 83.1 Å². The van der Waals surface area contributed by atoms with Gasteiger partial charge in [0.25, 0.3) is 5.91 Å². The maximum absolute atomic E-state index is 13.3. The van der Waals surface area contributed by atoms with Crippen LogP contribution in [0.2, 0.25) is 0 Å². The molecule has 0 aromatic heterocycles. The average Bonchev–Trinajstić information content (AvgIpc) is 3.56. The van der Waals surface area contributed by atoms with E-state index in [2.05, 4.69) is 18.8 Å². The van der Waals surface area contributed by atoms with Crippen LogP contribution in [0, 0.1) is 12.8 Å². The zero-order valence-corrected chi connectivity index (χ0v) is 30.4. The fraction of sp³-hybridized carbons (Fsp3) is 0.487. The summed E-state index contributed by atoms with van der Waals surface area (Å²) in [5, 5.41) is 0. The van der Waals surface area contributed by atoms with E-state index in [-0.39, 0.29) is 24.0 Å². The number of carbonyl (C=O) groups is 1. The molecular weight excluding hydrogens is 608 g/mol. The first kappa shape index (κ1) is 38.1. The molecule has 0 aliphatic carbocycles. The van der Waals surface area contributed by atoms with E-state index < -0.39 is 0 Å². The van der Waals surface area contributed by atoms with Gasteiger partial charge in [0.05, 0.1) is 45.2 Å². The minimum atomic E-state index is -0.145. The van der Waals surface area contributed by atoms with E-state index in [4.69, 9.17) is 28.4 Å². The van der Waals surface area contributed by atoms with Gasteiger partial charge < -0.3 is 33.3 Å². The Hall–Kier alpha value is -4.40. The Kier molecular flexibility index (Phi) is 14.9. The topological polar surface area (TPSA) is 88.1 Å². The van der Waals surface area contributed by atoms with Crippen molar-refractivity contribution >= 4 is 17.8 Å². The molecule has 9 nitrogen and oxygen atoms in total. The normalized spacial score (nSPS) is 15.7. The summed E-state index contributed by atoms with van der Waals surface area (Å²) in [5.41, 5.74) is 2.13. The first-order valence-electron chi connectivity index (χ1n) is 17.2. The van der Waals surface area contributed by atoms with E-state index in [1.54, 1.807) is 33.5 Å². The lowest BCUT2D eigenvalue weighted by atomic mass is 10.0.